The van der Waals surface area contributed by atoms with Gasteiger partial charge in [0, 0.05) is 18.7 Å². The van der Waals surface area contributed by atoms with Crippen LogP contribution in [0.5, 0.6) is 11.5 Å². The monoisotopic (exact) mass is 285 g/mol. The molecule has 0 saturated heterocycles. The Morgan fingerprint density at radius 2 is 1.81 bits per heavy atom. The number of hydrogen-bond donors (Lipinski definition) is 1. The van der Waals surface area contributed by atoms with Crippen LogP contribution in [0.15, 0.2) is 54.6 Å². The maximum Gasteiger partial charge on any atom is 0.251 e. The van der Waals surface area contributed by atoms with Crippen molar-refractivity contribution in [2.75, 3.05) is 13.7 Å². The predicted molar refractivity (Wildman–Crippen MR) is 81.8 cm³/mol. The molecule has 1 atom stereocenters. The van der Waals surface area contributed by atoms with Gasteiger partial charge in [-0.05, 0) is 37.3 Å². The molecule has 1 N–H and O–H groups in total. The second-order valence-corrected chi connectivity index (χ2v) is 4.77. The van der Waals surface area contributed by atoms with E-state index in [1.165, 1.54) is 0 Å². The van der Waals surface area contributed by atoms with E-state index in [9.17, 15) is 4.79 Å². The lowest BCUT2D eigenvalue weighted by Crippen LogP contribution is -2.35. The smallest absolute Gasteiger partial charge is 0.251 e. The molecule has 4 heteroatoms. The van der Waals surface area contributed by atoms with Crippen LogP contribution in [0.2, 0.25) is 0 Å². The largest absolute Gasteiger partial charge is 0.457 e. The van der Waals surface area contributed by atoms with Crippen LogP contribution < -0.4 is 10.1 Å². The summed E-state index contributed by atoms with van der Waals surface area (Å²) in [6.07, 6.45) is 0. The molecule has 0 spiro atoms. The Morgan fingerprint density at radius 1 is 1.10 bits per heavy atom. The van der Waals surface area contributed by atoms with Crippen molar-refractivity contribution >= 4 is 5.91 Å². The first-order valence-electron chi connectivity index (χ1n) is 6.82. The summed E-state index contributed by atoms with van der Waals surface area (Å²) in [5.41, 5.74) is 0.561. The molecule has 0 heterocycles. The minimum atomic E-state index is -0.141. The molecule has 2 rings (SSSR count). The summed E-state index contributed by atoms with van der Waals surface area (Å²) in [5.74, 6) is 1.23. The van der Waals surface area contributed by atoms with E-state index in [0.29, 0.717) is 17.9 Å². The molecule has 0 aliphatic rings. The normalized spacial score (nSPS) is 11.7. The van der Waals surface area contributed by atoms with Crippen LogP contribution in [0.25, 0.3) is 0 Å². The third kappa shape index (κ3) is 4.61. The number of carbonyl (C=O) groups is 1. The van der Waals surface area contributed by atoms with Gasteiger partial charge in [-0.15, -0.1) is 0 Å². The SMILES string of the molecule is COCC(C)NC(=O)c1cccc(Oc2ccccc2)c1. The number of nitrogens with one attached hydrogen (secondary N) is 1. The number of hydrogen-bond acceptors (Lipinski definition) is 3. The highest BCUT2D eigenvalue weighted by atomic mass is 16.5. The zero-order chi connectivity index (χ0) is 15.1. The molecule has 0 saturated carbocycles. The zero-order valence-corrected chi connectivity index (χ0v) is 12.2. The first kappa shape index (κ1) is 15.1. The average molecular weight is 285 g/mol. The fourth-order valence-electron chi connectivity index (χ4n) is 1.92. The summed E-state index contributed by atoms with van der Waals surface area (Å²) < 4.78 is 10.7. The fraction of sp³-hybridized carbons (Fsp3) is 0.235. The summed E-state index contributed by atoms with van der Waals surface area (Å²) in [7, 11) is 1.61. The van der Waals surface area contributed by atoms with E-state index in [0.717, 1.165) is 5.75 Å². The van der Waals surface area contributed by atoms with Gasteiger partial charge in [0.25, 0.3) is 5.91 Å². The van der Waals surface area contributed by atoms with Crippen molar-refractivity contribution in [3.63, 3.8) is 0 Å². The second kappa shape index (κ2) is 7.45. The van der Waals surface area contributed by atoms with E-state index < -0.39 is 0 Å². The summed E-state index contributed by atoms with van der Waals surface area (Å²) >= 11 is 0. The Kier molecular flexibility index (Phi) is 5.35. The van der Waals surface area contributed by atoms with Crippen molar-refractivity contribution in [2.24, 2.45) is 0 Å². The summed E-state index contributed by atoms with van der Waals surface area (Å²) in [6, 6.07) is 16.5. The molecule has 2 aromatic rings. The van der Waals surface area contributed by atoms with Gasteiger partial charge in [0.2, 0.25) is 0 Å². The molecule has 1 unspecified atom stereocenters. The van der Waals surface area contributed by atoms with Crippen LogP contribution in [0.1, 0.15) is 17.3 Å². The van der Waals surface area contributed by atoms with Crippen molar-refractivity contribution < 1.29 is 14.3 Å². The minimum absolute atomic E-state index is 0.0406. The van der Waals surface area contributed by atoms with Crippen molar-refractivity contribution in [1.82, 2.24) is 5.32 Å². The second-order valence-electron chi connectivity index (χ2n) is 4.77. The number of ether oxygens (including phenoxy) is 2. The molecule has 21 heavy (non-hydrogen) atoms. The molecular weight excluding hydrogens is 266 g/mol. The Hall–Kier alpha value is -2.33. The molecule has 0 aliphatic heterocycles. The van der Waals surface area contributed by atoms with Gasteiger partial charge in [-0.25, -0.2) is 0 Å². The third-order valence-corrected chi connectivity index (χ3v) is 2.87. The highest BCUT2D eigenvalue weighted by molar-refractivity contribution is 5.94. The number of rotatable bonds is 6. The molecule has 110 valence electrons. The number of carbonyl (C=O) groups excluding carboxylic acids is 1. The molecular formula is C17H19NO3. The standard InChI is InChI=1S/C17H19NO3/c1-13(12-20-2)18-17(19)14-7-6-10-16(11-14)21-15-8-4-3-5-9-15/h3-11,13H,12H2,1-2H3,(H,18,19). The Morgan fingerprint density at radius 3 is 2.52 bits per heavy atom. The van der Waals surface area contributed by atoms with Gasteiger partial charge in [0.15, 0.2) is 0 Å². The van der Waals surface area contributed by atoms with Gasteiger partial charge in [0.1, 0.15) is 11.5 Å². The van der Waals surface area contributed by atoms with Crippen LogP contribution in [0.3, 0.4) is 0 Å². The number of benzene rings is 2. The van der Waals surface area contributed by atoms with E-state index in [2.05, 4.69) is 5.32 Å². The quantitative estimate of drug-likeness (QED) is 0.886. The van der Waals surface area contributed by atoms with Crippen LogP contribution in [0, 0.1) is 0 Å². The molecule has 2 aromatic carbocycles. The van der Waals surface area contributed by atoms with E-state index in [-0.39, 0.29) is 11.9 Å². The Balaban J connectivity index is 2.05. The first-order valence-corrected chi connectivity index (χ1v) is 6.82. The third-order valence-electron chi connectivity index (χ3n) is 2.87. The van der Waals surface area contributed by atoms with Crippen molar-refractivity contribution in [2.45, 2.75) is 13.0 Å². The molecule has 0 aromatic heterocycles. The van der Waals surface area contributed by atoms with Crippen LogP contribution in [0.4, 0.5) is 0 Å². The average Bonchev–Trinajstić information content (AvgIpc) is 2.49. The maximum atomic E-state index is 12.1. The lowest BCUT2D eigenvalue weighted by atomic mass is 10.2. The van der Waals surface area contributed by atoms with Gasteiger partial charge in [0.05, 0.1) is 6.61 Å². The fourth-order valence-corrected chi connectivity index (χ4v) is 1.92. The molecule has 4 nitrogen and oxygen atoms in total. The van der Waals surface area contributed by atoms with Crippen molar-refractivity contribution in [3.05, 3.63) is 60.2 Å². The van der Waals surface area contributed by atoms with E-state index in [4.69, 9.17) is 9.47 Å². The number of methoxy groups -OCH3 is 1. The summed E-state index contributed by atoms with van der Waals surface area (Å²) in [6.45, 7) is 2.37. The van der Waals surface area contributed by atoms with Gasteiger partial charge < -0.3 is 14.8 Å². The van der Waals surface area contributed by atoms with Gasteiger partial charge in [-0.2, -0.15) is 0 Å². The summed E-state index contributed by atoms with van der Waals surface area (Å²) in [5, 5.41) is 2.87. The molecule has 1 amide bonds. The Labute approximate surface area is 124 Å². The van der Waals surface area contributed by atoms with Gasteiger partial charge in [-0.1, -0.05) is 24.3 Å². The summed E-state index contributed by atoms with van der Waals surface area (Å²) in [4.78, 5) is 12.1. The minimum Gasteiger partial charge on any atom is -0.457 e. The van der Waals surface area contributed by atoms with Crippen LogP contribution in [-0.2, 0) is 4.74 Å². The first-order chi connectivity index (χ1) is 10.2. The number of amides is 1. The molecule has 0 bridgehead atoms. The zero-order valence-electron chi connectivity index (χ0n) is 12.2. The van der Waals surface area contributed by atoms with E-state index >= 15 is 0 Å². The van der Waals surface area contributed by atoms with E-state index in [1.807, 2.05) is 43.3 Å². The maximum absolute atomic E-state index is 12.1. The Bertz CT molecular complexity index is 584. The van der Waals surface area contributed by atoms with Gasteiger partial charge in [-0.3, -0.25) is 4.79 Å². The highest BCUT2D eigenvalue weighted by Crippen LogP contribution is 2.21. The predicted octanol–water partition coefficient (Wildman–Crippen LogP) is 3.24. The highest BCUT2D eigenvalue weighted by Gasteiger charge is 2.10. The van der Waals surface area contributed by atoms with Gasteiger partial charge >= 0.3 is 0 Å². The van der Waals surface area contributed by atoms with Crippen LogP contribution in [-0.4, -0.2) is 25.7 Å². The molecule has 0 fully saturated rings. The van der Waals surface area contributed by atoms with Crippen molar-refractivity contribution in [3.8, 4) is 11.5 Å². The lowest BCUT2D eigenvalue weighted by molar-refractivity contribution is 0.0905. The molecule has 0 radical (unpaired) electrons. The topological polar surface area (TPSA) is 47.6 Å². The molecule has 0 aliphatic carbocycles. The van der Waals surface area contributed by atoms with Crippen molar-refractivity contribution in [1.29, 1.82) is 0 Å². The lowest BCUT2D eigenvalue weighted by Gasteiger charge is -2.13. The number of para-hydroxylation sites is 1. The van der Waals surface area contributed by atoms with E-state index in [1.54, 1.807) is 25.3 Å². The van der Waals surface area contributed by atoms with Crippen LogP contribution >= 0.6 is 0 Å².